The fourth-order valence-corrected chi connectivity index (χ4v) is 1.88. The van der Waals surface area contributed by atoms with Gasteiger partial charge in [0.2, 0.25) is 0 Å². The van der Waals surface area contributed by atoms with Crippen LogP contribution in [0, 0.1) is 6.92 Å². The minimum absolute atomic E-state index is 0.107. The molecule has 0 aliphatic carbocycles. The summed E-state index contributed by atoms with van der Waals surface area (Å²) in [5, 5.41) is 12.3. The highest BCUT2D eigenvalue weighted by molar-refractivity contribution is 7.09. The van der Waals surface area contributed by atoms with Crippen molar-refractivity contribution in [2.75, 3.05) is 13.2 Å². The van der Waals surface area contributed by atoms with E-state index in [2.05, 4.69) is 9.72 Å². The van der Waals surface area contributed by atoms with E-state index in [4.69, 9.17) is 0 Å². The molecule has 0 saturated carbocycles. The quantitative estimate of drug-likeness (QED) is 0.806. The van der Waals surface area contributed by atoms with Crippen LogP contribution in [0.3, 0.4) is 0 Å². The van der Waals surface area contributed by atoms with E-state index >= 15 is 0 Å². The van der Waals surface area contributed by atoms with E-state index in [1.54, 1.807) is 0 Å². The lowest BCUT2D eigenvalue weighted by Crippen LogP contribution is -2.20. The third kappa shape index (κ3) is 6.60. The van der Waals surface area contributed by atoms with Crippen LogP contribution in [0.1, 0.15) is 17.1 Å². The summed E-state index contributed by atoms with van der Waals surface area (Å²) >= 11 is 1.48. The highest BCUT2D eigenvalue weighted by Crippen LogP contribution is 2.15. The smallest absolute Gasteiger partial charge is 0.393 e. The Hall–Kier alpha value is -0.660. The number of alkyl halides is 3. The maximum atomic E-state index is 11.7. The molecule has 0 bridgehead atoms. The number of aromatic nitrogens is 1. The number of nitrogens with zero attached hydrogens (tertiary/aromatic N) is 1. The van der Waals surface area contributed by atoms with Crippen molar-refractivity contribution in [3.05, 3.63) is 16.1 Å². The summed E-state index contributed by atoms with van der Waals surface area (Å²) in [6, 6.07) is 0. The molecule has 1 heterocycles. The van der Waals surface area contributed by atoms with Gasteiger partial charge >= 0.3 is 6.18 Å². The molecule has 0 spiro atoms. The molecule has 1 aromatic heterocycles. The molecule has 0 saturated heterocycles. The van der Waals surface area contributed by atoms with Gasteiger partial charge in [0.25, 0.3) is 0 Å². The normalized spacial score (nSPS) is 13.9. The van der Waals surface area contributed by atoms with Crippen molar-refractivity contribution in [1.29, 1.82) is 0 Å². The summed E-state index contributed by atoms with van der Waals surface area (Å²) in [6.45, 7) is 0.478. The van der Waals surface area contributed by atoms with Gasteiger partial charge in [-0.1, -0.05) is 0 Å². The van der Waals surface area contributed by atoms with Crippen molar-refractivity contribution in [3.8, 4) is 0 Å². The molecule has 1 rings (SSSR count). The molecule has 0 amide bonds. The number of hydrogen-bond acceptors (Lipinski definition) is 4. The topological polar surface area (TPSA) is 42.4 Å². The first-order valence-electron chi connectivity index (χ1n) is 5.10. The minimum atomic E-state index is -4.31. The molecule has 0 aromatic carbocycles. The standard InChI is InChI=1S/C10H14F3NO2S/c1-7-14-8(5-17-7)4-9(15)2-3-16-6-10(11,12)13/h5,9,15H,2-4,6H2,1H3. The Kier molecular flexibility index (Phi) is 5.35. The fourth-order valence-electron chi connectivity index (χ4n) is 1.25. The number of thiazole rings is 1. The second-order valence-corrected chi connectivity index (χ2v) is 4.73. The predicted molar refractivity (Wildman–Crippen MR) is 58.1 cm³/mol. The van der Waals surface area contributed by atoms with Crippen molar-refractivity contribution >= 4 is 11.3 Å². The number of aliphatic hydroxyl groups excluding tert-OH is 1. The van der Waals surface area contributed by atoms with Crippen LogP contribution in [0.4, 0.5) is 13.2 Å². The minimum Gasteiger partial charge on any atom is -0.393 e. The number of rotatable bonds is 6. The molecule has 1 unspecified atom stereocenters. The van der Waals surface area contributed by atoms with Crippen LogP contribution >= 0.6 is 11.3 Å². The SMILES string of the molecule is Cc1nc(CC(O)CCOCC(F)(F)F)cs1. The lowest BCUT2D eigenvalue weighted by molar-refractivity contribution is -0.175. The van der Waals surface area contributed by atoms with E-state index < -0.39 is 18.9 Å². The molecular formula is C10H14F3NO2S. The first-order chi connectivity index (χ1) is 7.87. The van der Waals surface area contributed by atoms with E-state index in [-0.39, 0.29) is 13.0 Å². The molecular weight excluding hydrogens is 255 g/mol. The van der Waals surface area contributed by atoms with Gasteiger partial charge in [-0.15, -0.1) is 11.3 Å². The zero-order valence-corrected chi connectivity index (χ0v) is 10.1. The predicted octanol–water partition coefficient (Wildman–Crippen LogP) is 2.32. The number of aryl methyl sites for hydroxylation is 1. The molecule has 1 atom stereocenters. The highest BCUT2D eigenvalue weighted by Gasteiger charge is 2.27. The second-order valence-electron chi connectivity index (χ2n) is 3.67. The van der Waals surface area contributed by atoms with E-state index in [1.807, 2.05) is 12.3 Å². The summed E-state index contributed by atoms with van der Waals surface area (Å²) in [7, 11) is 0. The largest absolute Gasteiger partial charge is 0.411 e. The van der Waals surface area contributed by atoms with Crippen LogP contribution in [0.2, 0.25) is 0 Å². The molecule has 1 N–H and O–H groups in total. The van der Waals surface area contributed by atoms with Crippen molar-refractivity contribution < 1.29 is 23.0 Å². The van der Waals surface area contributed by atoms with E-state index in [0.29, 0.717) is 6.42 Å². The Labute approximate surface area is 101 Å². The molecule has 1 aromatic rings. The van der Waals surface area contributed by atoms with Crippen LogP contribution in [-0.4, -0.2) is 35.6 Å². The van der Waals surface area contributed by atoms with Gasteiger partial charge in [-0.3, -0.25) is 0 Å². The lowest BCUT2D eigenvalue weighted by atomic mass is 10.1. The van der Waals surface area contributed by atoms with Gasteiger partial charge < -0.3 is 9.84 Å². The van der Waals surface area contributed by atoms with E-state index in [1.165, 1.54) is 11.3 Å². The molecule has 0 aliphatic heterocycles. The number of halogens is 3. The van der Waals surface area contributed by atoms with Crippen LogP contribution in [0.5, 0.6) is 0 Å². The summed E-state index contributed by atoms with van der Waals surface area (Å²) in [6.07, 6.45) is -4.51. The van der Waals surface area contributed by atoms with E-state index in [9.17, 15) is 18.3 Å². The van der Waals surface area contributed by atoms with Gasteiger partial charge in [0.15, 0.2) is 0 Å². The molecule has 0 fully saturated rings. The number of ether oxygens (including phenoxy) is 1. The number of hydrogen-bond donors (Lipinski definition) is 1. The van der Waals surface area contributed by atoms with Gasteiger partial charge in [-0.2, -0.15) is 13.2 Å². The van der Waals surface area contributed by atoms with Gasteiger partial charge in [-0.05, 0) is 13.3 Å². The van der Waals surface area contributed by atoms with Gasteiger partial charge in [-0.25, -0.2) is 4.98 Å². The Morgan fingerprint density at radius 1 is 1.53 bits per heavy atom. The molecule has 0 aliphatic rings. The maximum Gasteiger partial charge on any atom is 0.411 e. The Morgan fingerprint density at radius 3 is 2.76 bits per heavy atom. The highest BCUT2D eigenvalue weighted by atomic mass is 32.1. The van der Waals surface area contributed by atoms with Crippen LogP contribution in [0.25, 0.3) is 0 Å². The molecule has 7 heteroatoms. The summed E-state index contributed by atoms with van der Waals surface area (Å²) < 4.78 is 39.6. The van der Waals surface area contributed by atoms with Crippen LogP contribution in [-0.2, 0) is 11.2 Å². The molecule has 98 valence electrons. The fraction of sp³-hybridized carbons (Fsp3) is 0.700. The summed E-state index contributed by atoms with van der Waals surface area (Å²) in [5.74, 6) is 0. The first kappa shape index (κ1) is 14.4. The second kappa shape index (κ2) is 6.32. The van der Waals surface area contributed by atoms with Crippen molar-refractivity contribution in [3.63, 3.8) is 0 Å². The average molecular weight is 269 g/mol. The first-order valence-corrected chi connectivity index (χ1v) is 5.98. The molecule has 3 nitrogen and oxygen atoms in total. The van der Waals surface area contributed by atoms with Crippen LogP contribution < -0.4 is 0 Å². The third-order valence-electron chi connectivity index (χ3n) is 1.97. The van der Waals surface area contributed by atoms with Crippen molar-refractivity contribution in [1.82, 2.24) is 4.98 Å². The Morgan fingerprint density at radius 2 is 2.24 bits per heavy atom. The monoisotopic (exact) mass is 269 g/mol. The molecule has 0 radical (unpaired) electrons. The summed E-state index contributed by atoms with van der Waals surface area (Å²) in [5.41, 5.74) is 0.760. The van der Waals surface area contributed by atoms with Crippen molar-refractivity contribution in [2.45, 2.75) is 32.0 Å². The van der Waals surface area contributed by atoms with Crippen LogP contribution in [0.15, 0.2) is 5.38 Å². The molecule has 17 heavy (non-hydrogen) atoms. The van der Waals surface area contributed by atoms with Gasteiger partial charge in [0.1, 0.15) is 6.61 Å². The van der Waals surface area contributed by atoms with Gasteiger partial charge in [0.05, 0.1) is 16.8 Å². The zero-order valence-electron chi connectivity index (χ0n) is 9.33. The van der Waals surface area contributed by atoms with Gasteiger partial charge in [0, 0.05) is 18.4 Å². The van der Waals surface area contributed by atoms with Crippen molar-refractivity contribution in [2.24, 2.45) is 0 Å². The lowest BCUT2D eigenvalue weighted by Gasteiger charge is -2.10. The Bertz CT molecular complexity index is 341. The zero-order chi connectivity index (χ0) is 12.9. The third-order valence-corrected chi connectivity index (χ3v) is 2.79. The van der Waals surface area contributed by atoms with E-state index in [0.717, 1.165) is 10.7 Å². The number of aliphatic hydroxyl groups is 1. The maximum absolute atomic E-state index is 11.7. The average Bonchev–Trinajstić information content (AvgIpc) is 2.57. The Balaban J connectivity index is 2.15. The summed E-state index contributed by atoms with van der Waals surface area (Å²) in [4.78, 5) is 4.16.